The highest BCUT2D eigenvalue weighted by Gasteiger charge is 2.21. The third kappa shape index (κ3) is 3.74. The maximum Gasteiger partial charge on any atom is 0.257 e. The van der Waals surface area contributed by atoms with E-state index in [1.807, 2.05) is 20.8 Å². The van der Waals surface area contributed by atoms with E-state index in [9.17, 15) is 14.7 Å². The lowest BCUT2D eigenvalue weighted by Crippen LogP contribution is -2.41. The molecular weight excluding hydrogens is 268 g/mol. The fourth-order valence-electron chi connectivity index (χ4n) is 2.13. The summed E-state index contributed by atoms with van der Waals surface area (Å²) in [5.74, 6) is -0.461. The second-order valence-corrected chi connectivity index (χ2v) is 5.13. The van der Waals surface area contributed by atoms with Gasteiger partial charge in [0, 0.05) is 20.1 Å². The third-order valence-electron chi connectivity index (χ3n) is 3.77. The van der Waals surface area contributed by atoms with Crippen LogP contribution in [0.2, 0.25) is 0 Å². The molecule has 5 heteroatoms. The molecule has 0 radical (unpaired) electrons. The number of phenolic OH excluding ortho intramolecular Hbond substituents is 1. The summed E-state index contributed by atoms with van der Waals surface area (Å²) in [7, 11) is 1.57. The molecule has 0 unspecified atom stereocenters. The van der Waals surface area contributed by atoms with Gasteiger partial charge in [0.1, 0.15) is 5.75 Å². The summed E-state index contributed by atoms with van der Waals surface area (Å²) in [5.41, 5.74) is 1.84. The molecule has 0 atom stereocenters. The number of carbonyl (C=O) groups is 2. The molecule has 0 bridgehead atoms. The Morgan fingerprint density at radius 1 is 1.14 bits per heavy atom. The molecule has 5 nitrogen and oxygen atoms in total. The molecule has 0 aliphatic heterocycles. The molecule has 0 saturated heterocycles. The molecule has 1 rings (SSSR count). The van der Waals surface area contributed by atoms with E-state index in [1.54, 1.807) is 31.0 Å². The van der Waals surface area contributed by atoms with Crippen molar-refractivity contribution < 1.29 is 14.7 Å². The van der Waals surface area contributed by atoms with E-state index < -0.39 is 0 Å². The van der Waals surface area contributed by atoms with Gasteiger partial charge < -0.3 is 14.9 Å². The maximum atomic E-state index is 12.4. The van der Waals surface area contributed by atoms with Crippen molar-refractivity contribution in [3.05, 3.63) is 28.8 Å². The third-order valence-corrected chi connectivity index (χ3v) is 3.77. The smallest absolute Gasteiger partial charge is 0.257 e. The molecule has 0 heterocycles. The van der Waals surface area contributed by atoms with Crippen LogP contribution in [0.15, 0.2) is 12.1 Å². The summed E-state index contributed by atoms with van der Waals surface area (Å²) in [6.45, 7) is 8.68. The first-order chi connectivity index (χ1) is 9.83. The summed E-state index contributed by atoms with van der Waals surface area (Å²) >= 11 is 0. The van der Waals surface area contributed by atoms with Crippen molar-refractivity contribution >= 4 is 11.8 Å². The van der Waals surface area contributed by atoms with Crippen LogP contribution in [0, 0.1) is 13.8 Å². The van der Waals surface area contributed by atoms with E-state index in [-0.39, 0.29) is 29.7 Å². The Morgan fingerprint density at radius 3 is 2.24 bits per heavy atom. The number of aromatic hydroxyl groups is 1. The van der Waals surface area contributed by atoms with Crippen molar-refractivity contribution in [1.29, 1.82) is 0 Å². The number of hydrogen-bond donors (Lipinski definition) is 1. The Balaban J connectivity index is 2.89. The molecule has 0 fully saturated rings. The number of hydrogen-bond acceptors (Lipinski definition) is 3. The van der Waals surface area contributed by atoms with Crippen LogP contribution in [0.3, 0.4) is 0 Å². The molecule has 0 aromatic heterocycles. The fourth-order valence-corrected chi connectivity index (χ4v) is 2.13. The van der Waals surface area contributed by atoms with Crippen molar-refractivity contribution in [3.63, 3.8) is 0 Å². The van der Waals surface area contributed by atoms with E-state index >= 15 is 0 Å². The molecule has 2 amide bonds. The second-order valence-electron chi connectivity index (χ2n) is 5.13. The van der Waals surface area contributed by atoms with Gasteiger partial charge in [0.05, 0.1) is 12.1 Å². The molecule has 21 heavy (non-hydrogen) atoms. The van der Waals surface area contributed by atoms with E-state index in [4.69, 9.17) is 0 Å². The van der Waals surface area contributed by atoms with Crippen LogP contribution < -0.4 is 0 Å². The molecule has 1 N–H and O–H groups in total. The van der Waals surface area contributed by atoms with Gasteiger partial charge in [-0.15, -0.1) is 0 Å². The van der Waals surface area contributed by atoms with E-state index in [0.29, 0.717) is 18.7 Å². The van der Waals surface area contributed by atoms with Gasteiger partial charge in [-0.05, 0) is 44.9 Å². The number of amides is 2. The maximum absolute atomic E-state index is 12.4. The van der Waals surface area contributed by atoms with Gasteiger partial charge >= 0.3 is 0 Å². The second kappa shape index (κ2) is 7.11. The van der Waals surface area contributed by atoms with Crippen molar-refractivity contribution in [2.45, 2.75) is 27.7 Å². The average Bonchev–Trinajstić information content (AvgIpc) is 2.45. The fraction of sp³-hybridized carbons (Fsp3) is 0.500. The lowest BCUT2D eigenvalue weighted by atomic mass is 10.0. The number of benzene rings is 1. The van der Waals surface area contributed by atoms with E-state index in [2.05, 4.69) is 0 Å². The molecule has 0 spiro atoms. The largest absolute Gasteiger partial charge is 0.507 e. The first-order valence-corrected chi connectivity index (χ1v) is 7.15. The van der Waals surface area contributed by atoms with Crippen LogP contribution in [-0.2, 0) is 4.79 Å². The SMILES string of the molecule is CCN(CC)C(=O)CN(C)C(=O)c1ccc(C)c(C)c1O. The quantitative estimate of drug-likeness (QED) is 0.902. The van der Waals surface area contributed by atoms with Crippen molar-refractivity contribution in [1.82, 2.24) is 9.80 Å². The minimum Gasteiger partial charge on any atom is -0.507 e. The van der Waals surface area contributed by atoms with Gasteiger partial charge in [-0.3, -0.25) is 9.59 Å². The van der Waals surface area contributed by atoms with Gasteiger partial charge in [0.25, 0.3) is 5.91 Å². The van der Waals surface area contributed by atoms with Crippen LogP contribution in [0.1, 0.15) is 35.3 Å². The van der Waals surface area contributed by atoms with Crippen molar-refractivity contribution in [2.75, 3.05) is 26.7 Å². The van der Waals surface area contributed by atoms with Crippen molar-refractivity contribution in [2.24, 2.45) is 0 Å². The van der Waals surface area contributed by atoms with Gasteiger partial charge in [-0.2, -0.15) is 0 Å². The average molecular weight is 292 g/mol. The Kier molecular flexibility index (Phi) is 5.76. The highest BCUT2D eigenvalue weighted by atomic mass is 16.3. The number of nitrogens with zero attached hydrogens (tertiary/aromatic N) is 2. The van der Waals surface area contributed by atoms with Gasteiger partial charge in [0.15, 0.2) is 0 Å². The number of rotatable bonds is 5. The van der Waals surface area contributed by atoms with Crippen LogP contribution in [0.25, 0.3) is 0 Å². The normalized spacial score (nSPS) is 10.3. The van der Waals surface area contributed by atoms with Gasteiger partial charge in [-0.1, -0.05) is 6.07 Å². The Morgan fingerprint density at radius 2 is 1.71 bits per heavy atom. The molecule has 0 saturated carbocycles. The minimum absolute atomic E-state index is 0.00682. The molecule has 0 aliphatic carbocycles. The summed E-state index contributed by atoms with van der Waals surface area (Å²) < 4.78 is 0. The Labute approximate surface area is 126 Å². The predicted octanol–water partition coefficient (Wildman–Crippen LogP) is 1.95. The molecule has 0 aliphatic rings. The number of carbonyl (C=O) groups excluding carboxylic acids is 2. The minimum atomic E-state index is -0.351. The zero-order valence-electron chi connectivity index (χ0n) is 13.4. The highest BCUT2D eigenvalue weighted by molar-refractivity contribution is 5.99. The Bertz CT molecular complexity index is 537. The lowest BCUT2D eigenvalue weighted by molar-refractivity contribution is -0.131. The van der Waals surface area contributed by atoms with E-state index in [0.717, 1.165) is 5.56 Å². The number of aryl methyl sites for hydroxylation is 1. The lowest BCUT2D eigenvalue weighted by Gasteiger charge is -2.23. The summed E-state index contributed by atoms with van der Waals surface area (Å²) in [5, 5.41) is 10.1. The number of phenols is 1. The van der Waals surface area contributed by atoms with E-state index in [1.165, 1.54) is 4.90 Å². The summed E-state index contributed by atoms with van der Waals surface area (Å²) in [6.07, 6.45) is 0. The van der Waals surface area contributed by atoms with Gasteiger partial charge in [0.2, 0.25) is 5.91 Å². The predicted molar refractivity (Wildman–Crippen MR) is 82.5 cm³/mol. The molecule has 1 aromatic rings. The van der Waals surface area contributed by atoms with Crippen LogP contribution in [0.4, 0.5) is 0 Å². The zero-order chi connectivity index (χ0) is 16.2. The molecule has 1 aromatic carbocycles. The van der Waals surface area contributed by atoms with Crippen molar-refractivity contribution in [3.8, 4) is 5.75 Å². The monoisotopic (exact) mass is 292 g/mol. The summed E-state index contributed by atoms with van der Waals surface area (Å²) in [6, 6.07) is 3.39. The van der Waals surface area contributed by atoms with Crippen LogP contribution in [-0.4, -0.2) is 53.4 Å². The first-order valence-electron chi connectivity index (χ1n) is 7.15. The van der Waals surface area contributed by atoms with Crippen LogP contribution >= 0.6 is 0 Å². The zero-order valence-corrected chi connectivity index (χ0v) is 13.4. The van der Waals surface area contributed by atoms with Crippen LogP contribution in [0.5, 0.6) is 5.75 Å². The standard InChI is InChI=1S/C16H24N2O3/c1-6-18(7-2)14(19)10-17(5)16(21)13-9-8-11(3)12(4)15(13)20/h8-9,20H,6-7,10H2,1-5H3. The summed E-state index contributed by atoms with van der Waals surface area (Å²) in [4.78, 5) is 27.4. The Hall–Kier alpha value is -2.04. The molecular formula is C16H24N2O3. The molecule has 116 valence electrons. The highest BCUT2D eigenvalue weighted by Crippen LogP contribution is 2.25. The first kappa shape index (κ1) is 17.0. The topological polar surface area (TPSA) is 60.9 Å². The van der Waals surface area contributed by atoms with Gasteiger partial charge in [-0.25, -0.2) is 0 Å². The number of likely N-dealkylation sites (N-methyl/N-ethyl adjacent to an activating group) is 2.